The van der Waals surface area contributed by atoms with E-state index in [0.717, 1.165) is 17.3 Å². The van der Waals surface area contributed by atoms with Gasteiger partial charge in [-0.1, -0.05) is 21.5 Å². The molecule has 0 fully saturated rings. The summed E-state index contributed by atoms with van der Waals surface area (Å²) in [5, 5.41) is 9.10. The number of aliphatic hydroxyl groups is 1. The Labute approximate surface area is 63.2 Å². The van der Waals surface area contributed by atoms with Gasteiger partial charge in [-0.2, -0.15) is 0 Å². The quantitative estimate of drug-likeness (QED) is 0.621. The SMILES string of the molecule is CC1=CC(O)=C(Br)CC1. The van der Waals surface area contributed by atoms with Crippen molar-refractivity contribution in [3.63, 3.8) is 0 Å². The summed E-state index contributed by atoms with van der Waals surface area (Å²) in [7, 11) is 0. The maximum atomic E-state index is 9.10. The van der Waals surface area contributed by atoms with Gasteiger partial charge in [-0.3, -0.25) is 0 Å². The van der Waals surface area contributed by atoms with E-state index >= 15 is 0 Å². The minimum Gasteiger partial charge on any atom is -0.507 e. The van der Waals surface area contributed by atoms with Crippen LogP contribution in [0.1, 0.15) is 19.8 Å². The highest BCUT2D eigenvalue weighted by Gasteiger charge is 2.06. The van der Waals surface area contributed by atoms with E-state index in [-0.39, 0.29) is 0 Å². The molecule has 0 aromatic heterocycles. The Hall–Kier alpha value is -0.240. The smallest absolute Gasteiger partial charge is 0.125 e. The molecule has 1 aliphatic rings. The zero-order valence-corrected chi connectivity index (χ0v) is 6.90. The Kier molecular flexibility index (Phi) is 1.96. The first kappa shape index (κ1) is 6.87. The Morgan fingerprint density at radius 2 is 2.22 bits per heavy atom. The lowest BCUT2D eigenvalue weighted by atomic mass is 10.1. The molecule has 1 rings (SSSR count). The van der Waals surface area contributed by atoms with E-state index in [1.807, 2.05) is 6.92 Å². The molecule has 0 amide bonds. The van der Waals surface area contributed by atoms with Crippen LogP contribution in [0.5, 0.6) is 0 Å². The van der Waals surface area contributed by atoms with Gasteiger partial charge in [-0.15, -0.1) is 0 Å². The Morgan fingerprint density at radius 3 is 2.67 bits per heavy atom. The number of aliphatic hydroxyl groups excluding tert-OH is 1. The first-order valence-electron chi connectivity index (χ1n) is 2.95. The van der Waals surface area contributed by atoms with Crippen LogP contribution in [-0.2, 0) is 0 Å². The molecule has 2 heteroatoms. The third kappa shape index (κ3) is 1.58. The van der Waals surface area contributed by atoms with E-state index in [2.05, 4.69) is 15.9 Å². The summed E-state index contributed by atoms with van der Waals surface area (Å²) in [5.74, 6) is 0.388. The highest BCUT2D eigenvalue weighted by atomic mass is 79.9. The van der Waals surface area contributed by atoms with Gasteiger partial charge in [-0.05, 0) is 25.8 Å². The van der Waals surface area contributed by atoms with E-state index in [9.17, 15) is 0 Å². The van der Waals surface area contributed by atoms with Crippen molar-refractivity contribution in [1.29, 1.82) is 0 Å². The van der Waals surface area contributed by atoms with Crippen molar-refractivity contribution in [3.05, 3.63) is 21.9 Å². The van der Waals surface area contributed by atoms with Gasteiger partial charge in [0.25, 0.3) is 0 Å². The second kappa shape index (κ2) is 2.56. The Morgan fingerprint density at radius 1 is 1.56 bits per heavy atom. The third-order valence-electron chi connectivity index (χ3n) is 1.40. The van der Waals surface area contributed by atoms with Crippen molar-refractivity contribution in [3.8, 4) is 0 Å². The van der Waals surface area contributed by atoms with Gasteiger partial charge in [0, 0.05) is 4.48 Å². The fourth-order valence-corrected chi connectivity index (χ4v) is 1.13. The van der Waals surface area contributed by atoms with E-state index < -0.39 is 0 Å². The Bertz CT molecular complexity index is 179. The van der Waals surface area contributed by atoms with Crippen LogP contribution < -0.4 is 0 Å². The largest absolute Gasteiger partial charge is 0.507 e. The van der Waals surface area contributed by atoms with E-state index in [1.165, 1.54) is 5.57 Å². The third-order valence-corrected chi connectivity index (χ3v) is 2.20. The molecule has 0 saturated heterocycles. The summed E-state index contributed by atoms with van der Waals surface area (Å²) in [6, 6.07) is 0. The predicted molar refractivity (Wildman–Crippen MR) is 41.6 cm³/mol. The monoisotopic (exact) mass is 188 g/mol. The average Bonchev–Trinajstić information content (AvgIpc) is 1.80. The van der Waals surface area contributed by atoms with Gasteiger partial charge in [0.05, 0.1) is 0 Å². The lowest BCUT2D eigenvalue weighted by Crippen LogP contribution is -1.91. The number of hydrogen-bond acceptors (Lipinski definition) is 1. The molecule has 0 heterocycles. The van der Waals surface area contributed by atoms with Crippen LogP contribution in [0.2, 0.25) is 0 Å². The molecule has 0 bridgehead atoms. The van der Waals surface area contributed by atoms with Gasteiger partial charge in [-0.25, -0.2) is 0 Å². The molecule has 0 aromatic rings. The van der Waals surface area contributed by atoms with Gasteiger partial charge < -0.3 is 5.11 Å². The average molecular weight is 189 g/mol. The number of halogens is 1. The van der Waals surface area contributed by atoms with Crippen LogP contribution in [-0.4, -0.2) is 5.11 Å². The Balaban J connectivity index is 2.83. The summed E-state index contributed by atoms with van der Waals surface area (Å²) in [5.41, 5.74) is 1.25. The normalized spacial score (nSPS) is 20.0. The predicted octanol–water partition coefficient (Wildman–Crippen LogP) is 2.89. The molecular formula is C7H9BrO. The zero-order chi connectivity index (χ0) is 6.85. The molecule has 1 aliphatic carbocycles. The van der Waals surface area contributed by atoms with Gasteiger partial charge in [0.15, 0.2) is 0 Å². The molecule has 1 N–H and O–H groups in total. The van der Waals surface area contributed by atoms with Crippen molar-refractivity contribution >= 4 is 15.9 Å². The van der Waals surface area contributed by atoms with Crippen molar-refractivity contribution in [2.75, 3.05) is 0 Å². The van der Waals surface area contributed by atoms with Gasteiger partial charge >= 0.3 is 0 Å². The molecule has 9 heavy (non-hydrogen) atoms. The van der Waals surface area contributed by atoms with Crippen molar-refractivity contribution in [2.24, 2.45) is 0 Å². The number of hydrogen-bond donors (Lipinski definition) is 1. The molecule has 0 saturated carbocycles. The van der Waals surface area contributed by atoms with E-state index in [4.69, 9.17) is 5.11 Å². The van der Waals surface area contributed by atoms with Crippen molar-refractivity contribution in [2.45, 2.75) is 19.8 Å². The first-order valence-corrected chi connectivity index (χ1v) is 3.74. The second-order valence-electron chi connectivity index (χ2n) is 2.28. The molecule has 50 valence electrons. The van der Waals surface area contributed by atoms with Crippen LogP contribution in [0.15, 0.2) is 21.9 Å². The summed E-state index contributed by atoms with van der Waals surface area (Å²) in [6.45, 7) is 2.02. The topological polar surface area (TPSA) is 20.2 Å². The molecule has 0 aromatic carbocycles. The van der Waals surface area contributed by atoms with E-state index in [0.29, 0.717) is 5.76 Å². The highest BCUT2D eigenvalue weighted by molar-refractivity contribution is 9.11. The van der Waals surface area contributed by atoms with Gasteiger partial charge in [0.1, 0.15) is 5.76 Å². The molecule has 0 radical (unpaired) electrons. The molecule has 0 aliphatic heterocycles. The van der Waals surface area contributed by atoms with Crippen LogP contribution in [0.4, 0.5) is 0 Å². The maximum Gasteiger partial charge on any atom is 0.125 e. The lowest BCUT2D eigenvalue weighted by molar-refractivity contribution is 0.424. The van der Waals surface area contributed by atoms with Crippen LogP contribution in [0.3, 0.4) is 0 Å². The van der Waals surface area contributed by atoms with E-state index in [1.54, 1.807) is 6.08 Å². The molecular weight excluding hydrogens is 180 g/mol. The van der Waals surface area contributed by atoms with Crippen LogP contribution in [0.25, 0.3) is 0 Å². The summed E-state index contributed by atoms with van der Waals surface area (Å²) in [6.07, 6.45) is 3.80. The fraction of sp³-hybridized carbons (Fsp3) is 0.429. The summed E-state index contributed by atoms with van der Waals surface area (Å²) in [4.78, 5) is 0. The zero-order valence-electron chi connectivity index (χ0n) is 5.32. The molecule has 0 spiro atoms. The number of rotatable bonds is 0. The maximum absolute atomic E-state index is 9.10. The molecule has 0 unspecified atom stereocenters. The van der Waals surface area contributed by atoms with Crippen LogP contribution in [0, 0.1) is 0 Å². The molecule has 0 atom stereocenters. The lowest BCUT2D eigenvalue weighted by Gasteiger charge is -2.08. The summed E-state index contributed by atoms with van der Waals surface area (Å²) < 4.78 is 0.924. The minimum atomic E-state index is 0.388. The van der Waals surface area contributed by atoms with Crippen molar-refractivity contribution < 1.29 is 5.11 Å². The standard InChI is InChI=1S/C7H9BrO/c1-5-2-3-6(8)7(9)4-5/h4,9H,2-3H2,1H3. The van der Waals surface area contributed by atoms with Crippen LogP contribution >= 0.6 is 15.9 Å². The van der Waals surface area contributed by atoms with Crippen molar-refractivity contribution in [1.82, 2.24) is 0 Å². The summed E-state index contributed by atoms with van der Waals surface area (Å²) >= 11 is 3.27. The highest BCUT2D eigenvalue weighted by Crippen LogP contribution is 2.25. The minimum absolute atomic E-state index is 0.388. The second-order valence-corrected chi connectivity index (χ2v) is 3.24. The molecule has 1 nitrogen and oxygen atoms in total. The first-order chi connectivity index (χ1) is 4.20. The number of allylic oxidation sites excluding steroid dienone is 3. The van der Waals surface area contributed by atoms with Gasteiger partial charge in [0.2, 0.25) is 0 Å². The fourth-order valence-electron chi connectivity index (χ4n) is 0.819.